The molecule has 0 saturated carbocycles. The van der Waals surface area contributed by atoms with Crippen LogP contribution >= 0.6 is 0 Å². The van der Waals surface area contributed by atoms with Crippen LogP contribution in [-0.2, 0) is 0 Å². The van der Waals surface area contributed by atoms with Gasteiger partial charge in [0.25, 0.3) is 0 Å². The highest BCUT2D eigenvalue weighted by Gasteiger charge is 2.22. The zero-order valence-electron chi connectivity index (χ0n) is 11.8. The topological polar surface area (TPSA) is 38.3 Å². The van der Waals surface area contributed by atoms with Crippen LogP contribution in [0, 0.1) is 27.7 Å². The van der Waals surface area contributed by atoms with E-state index in [1.165, 1.54) is 11.1 Å². The number of hydrogen-bond donors (Lipinski definition) is 1. The number of aryl methyl sites for hydroxylation is 4. The molecular formula is C15H21NO2. The van der Waals surface area contributed by atoms with Crippen LogP contribution in [0.25, 0.3) is 0 Å². The van der Waals surface area contributed by atoms with Gasteiger partial charge in [-0.3, -0.25) is 0 Å². The molecule has 0 radical (unpaired) electrons. The summed E-state index contributed by atoms with van der Waals surface area (Å²) in [6.45, 7) is 11.0. The lowest BCUT2D eigenvalue weighted by molar-refractivity contribution is 0.486. The normalized spacial score (nSPS) is 11.4. The smallest absolute Gasteiger partial charge is 0.106 e. The van der Waals surface area contributed by atoms with Crippen molar-refractivity contribution in [1.82, 2.24) is 5.32 Å². The first-order chi connectivity index (χ1) is 8.52. The molecule has 0 aliphatic carbocycles. The first-order valence-corrected chi connectivity index (χ1v) is 6.40. The van der Waals surface area contributed by atoms with Crippen LogP contribution in [0.4, 0.5) is 0 Å². The van der Waals surface area contributed by atoms with Crippen LogP contribution in [-0.4, -0.2) is 6.54 Å². The summed E-state index contributed by atoms with van der Waals surface area (Å²) in [5, 5.41) is 3.50. The minimum absolute atomic E-state index is 0.143. The average Bonchev–Trinajstić information content (AvgIpc) is 2.78. The molecule has 3 heteroatoms. The minimum atomic E-state index is 0.143. The van der Waals surface area contributed by atoms with Gasteiger partial charge in [0.05, 0.1) is 6.04 Å². The van der Waals surface area contributed by atoms with Gasteiger partial charge >= 0.3 is 0 Å². The first-order valence-electron chi connectivity index (χ1n) is 6.40. The van der Waals surface area contributed by atoms with Crippen LogP contribution < -0.4 is 5.32 Å². The molecular weight excluding hydrogens is 226 g/mol. The Morgan fingerprint density at radius 2 is 1.39 bits per heavy atom. The Bertz CT molecular complexity index is 490. The van der Waals surface area contributed by atoms with Gasteiger partial charge in [0.2, 0.25) is 0 Å². The molecule has 0 saturated heterocycles. The second-order valence-corrected chi connectivity index (χ2v) is 4.73. The van der Waals surface area contributed by atoms with Crippen LogP contribution in [0.15, 0.2) is 21.0 Å². The molecule has 0 aliphatic heterocycles. The fourth-order valence-electron chi connectivity index (χ4n) is 2.47. The average molecular weight is 247 g/mol. The third-order valence-corrected chi connectivity index (χ3v) is 3.19. The Morgan fingerprint density at radius 1 is 0.944 bits per heavy atom. The van der Waals surface area contributed by atoms with E-state index in [-0.39, 0.29) is 6.04 Å². The zero-order valence-corrected chi connectivity index (χ0v) is 11.8. The van der Waals surface area contributed by atoms with Gasteiger partial charge in [0, 0.05) is 11.1 Å². The van der Waals surface area contributed by atoms with Crippen LogP contribution in [0.1, 0.15) is 47.1 Å². The molecule has 0 aliphatic rings. The Hall–Kier alpha value is -1.48. The molecule has 0 bridgehead atoms. The summed E-state index contributed by atoms with van der Waals surface area (Å²) in [5.41, 5.74) is 2.39. The van der Waals surface area contributed by atoms with Crippen molar-refractivity contribution in [3.63, 3.8) is 0 Å². The van der Waals surface area contributed by atoms with E-state index in [4.69, 9.17) is 8.83 Å². The maximum absolute atomic E-state index is 5.64. The van der Waals surface area contributed by atoms with Crippen molar-refractivity contribution in [3.8, 4) is 0 Å². The van der Waals surface area contributed by atoms with Crippen molar-refractivity contribution >= 4 is 0 Å². The van der Waals surface area contributed by atoms with Crippen molar-refractivity contribution in [2.24, 2.45) is 0 Å². The third kappa shape index (κ3) is 2.36. The highest BCUT2D eigenvalue weighted by atomic mass is 16.3. The quantitative estimate of drug-likeness (QED) is 0.893. The molecule has 0 unspecified atom stereocenters. The summed E-state index contributed by atoms with van der Waals surface area (Å²) in [5.74, 6) is 3.83. The number of hydrogen-bond acceptors (Lipinski definition) is 3. The van der Waals surface area contributed by atoms with Crippen LogP contribution in [0.2, 0.25) is 0 Å². The molecule has 0 aromatic carbocycles. The zero-order chi connectivity index (χ0) is 13.3. The molecule has 18 heavy (non-hydrogen) atoms. The maximum atomic E-state index is 5.64. The van der Waals surface area contributed by atoms with Crippen LogP contribution in [0.5, 0.6) is 0 Å². The lowest BCUT2D eigenvalue weighted by Crippen LogP contribution is -2.22. The summed E-state index contributed by atoms with van der Waals surface area (Å²) in [6, 6.07) is 4.35. The van der Waals surface area contributed by atoms with Crippen molar-refractivity contribution in [3.05, 3.63) is 46.3 Å². The fraction of sp³-hybridized carbons (Fsp3) is 0.467. The van der Waals surface area contributed by atoms with E-state index in [9.17, 15) is 0 Å². The van der Waals surface area contributed by atoms with Gasteiger partial charge in [0.1, 0.15) is 23.0 Å². The highest BCUT2D eigenvalue weighted by Crippen LogP contribution is 2.30. The van der Waals surface area contributed by atoms with Crippen molar-refractivity contribution < 1.29 is 8.83 Å². The van der Waals surface area contributed by atoms with E-state index in [2.05, 4.69) is 24.4 Å². The summed E-state index contributed by atoms with van der Waals surface area (Å²) in [6.07, 6.45) is 0. The second-order valence-electron chi connectivity index (χ2n) is 4.73. The largest absolute Gasteiger partial charge is 0.466 e. The van der Waals surface area contributed by atoms with Gasteiger partial charge in [-0.2, -0.15) is 0 Å². The maximum Gasteiger partial charge on any atom is 0.106 e. The SMILES string of the molecule is CCNC(c1cc(C)oc1C)c1cc(C)oc1C. The molecule has 0 spiro atoms. The first kappa shape index (κ1) is 13.0. The Balaban J connectivity index is 2.46. The van der Waals surface area contributed by atoms with Gasteiger partial charge in [0.15, 0.2) is 0 Å². The van der Waals surface area contributed by atoms with Gasteiger partial charge < -0.3 is 14.2 Å². The Morgan fingerprint density at radius 3 is 1.67 bits per heavy atom. The molecule has 0 fully saturated rings. The van der Waals surface area contributed by atoms with Crippen molar-refractivity contribution in [2.45, 2.75) is 40.7 Å². The second kappa shape index (κ2) is 5.02. The number of furan rings is 2. The predicted octanol–water partition coefficient (Wildman–Crippen LogP) is 3.81. The summed E-state index contributed by atoms with van der Waals surface area (Å²) in [7, 11) is 0. The lowest BCUT2D eigenvalue weighted by Gasteiger charge is -2.16. The molecule has 3 nitrogen and oxygen atoms in total. The van der Waals surface area contributed by atoms with Gasteiger partial charge in [-0.1, -0.05) is 6.92 Å². The third-order valence-electron chi connectivity index (χ3n) is 3.19. The molecule has 2 aromatic heterocycles. The predicted molar refractivity (Wildman–Crippen MR) is 71.9 cm³/mol. The van der Waals surface area contributed by atoms with E-state index in [1.807, 2.05) is 27.7 Å². The van der Waals surface area contributed by atoms with Gasteiger partial charge in [-0.25, -0.2) is 0 Å². The summed E-state index contributed by atoms with van der Waals surface area (Å²) in [4.78, 5) is 0. The molecule has 0 amide bonds. The molecule has 0 atom stereocenters. The number of rotatable bonds is 4. The van der Waals surface area contributed by atoms with E-state index in [1.54, 1.807) is 0 Å². The molecule has 2 aromatic rings. The van der Waals surface area contributed by atoms with Gasteiger partial charge in [-0.05, 0) is 46.4 Å². The summed E-state index contributed by atoms with van der Waals surface area (Å²) < 4.78 is 11.3. The van der Waals surface area contributed by atoms with E-state index >= 15 is 0 Å². The lowest BCUT2D eigenvalue weighted by atomic mass is 9.99. The monoisotopic (exact) mass is 247 g/mol. The van der Waals surface area contributed by atoms with E-state index < -0.39 is 0 Å². The van der Waals surface area contributed by atoms with E-state index in [0.29, 0.717) is 0 Å². The molecule has 2 heterocycles. The molecule has 98 valence electrons. The van der Waals surface area contributed by atoms with Crippen molar-refractivity contribution in [2.75, 3.05) is 6.54 Å². The Kier molecular flexibility index (Phi) is 3.62. The van der Waals surface area contributed by atoms with Gasteiger partial charge in [-0.15, -0.1) is 0 Å². The molecule has 2 rings (SSSR count). The fourth-order valence-corrected chi connectivity index (χ4v) is 2.47. The number of nitrogens with one attached hydrogen (secondary N) is 1. The molecule has 1 N–H and O–H groups in total. The summed E-state index contributed by atoms with van der Waals surface area (Å²) >= 11 is 0. The van der Waals surface area contributed by atoms with E-state index in [0.717, 1.165) is 29.6 Å². The van der Waals surface area contributed by atoms with Crippen molar-refractivity contribution in [1.29, 1.82) is 0 Å². The standard InChI is InChI=1S/C15H21NO2/c1-6-16-15(13-7-9(2)17-11(13)4)14-8-10(3)18-12(14)5/h7-8,15-16H,6H2,1-5H3. The van der Waals surface area contributed by atoms with Crippen LogP contribution in [0.3, 0.4) is 0 Å². The highest BCUT2D eigenvalue weighted by molar-refractivity contribution is 5.36. The Labute approximate surface area is 108 Å². The minimum Gasteiger partial charge on any atom is -0.466 e.